The van der Waals surface area contributed by atoms with Crippen molar-refractivity contribution in [2.75, 3.05) is 13.1 Å². The Hall–Kier alpha value is -0.860. The lowest BCUT2D eigenvalue weighted by Crippen LogP contribution is -2.23. The van der Waals surface area contributed by atoms with Crippen molar-refractivity contribution in [2.45, 2.75) is 33.4 Å². The zero-order chi connectivity index (χ0) is 11.6. The van der Waals surface area contributed by atoms with Gasteiger partial charge in [-0.15, -0.1) is 0 Å². The van der Waals surface area contributed by atoms with E-state index in [1.54, 1.807) is 0 Å². The van der Waals surface area contributed by atoms with Crippen LogP contribution < -0.4 is 5.73 Å². The molecule has 0 saturated carbocycles. The molecule has 16 heavy (non-hydrogen) atoms. The van der Waals surface area contributed by atoms with Crippen molar-refractivity contribution in [1.82, 2.24) is 4.90 Å². The van der Waals surface area contributed by atoms with Gasteiger partial charge in [-0.2, -0.15) is 0 Å². The fourth-order valence-electron chi connectivity index (χ4n) is 2.51. The number of rotatable bonds is 3. The maximum Gasteiger partial charge on any atom is 0.0237 e. The smallest absolute Gasteiger partial charge is 0.0237 e. The Morgan fingerprint density at radius 3 is 2.50 bits per heavy atom. The van der Waals surface area contributed by atoms with E-state index in [0.717, 1.165) is 6.54 Å². The number of nitrogens with zero attached hydrogens (tertiary/aromatic N) is 1. The Labute approximate surface area is 98.4 Å². The quantitative estimate of drug-likeness (QED) is 0.844. The van der Waals surface area contributed by atoms with Gasteiger partial charge < -0.3 is 5.73 Å². The molecule has 0 spiro atoms. The molecule has 1 aromatic carbocycles. The van der Waals surface area contributed by atoms with Gasteiger partial charge in [0.1, 0.15) is 0 Å². The number of nitrogens with two attached hydrogens (primary N) is 1. The molecular weight excluding hydrogens is 196 g/mol. The lowest BCUT2D eigenvalue weighted by atomic mass is 9.93. The summed E-state index contributed by atoms with van der Waals surface area (Å²) >= 11 is 0. The second-order valence-corrected chi connectivity index (χ2v) is 5.60. The second kappa shape index (κ2) is 4.56. The fourth-order valence-corrected chi connectivity index (χ4v) is 2.51. The van der Waals surface area contributed by atoms with Crippen molar-refractivity contribution in [1.29, 1.82) is 0 Å². The van der Waals surface area contributed by atoms with Gasteiger partial charge in [0, 0.05) is 19.6 Å². The highest BCUT2D eigenvalue weighted by Gasteiger charge is 2.28. The van der Waals surface area contributed by atoms with Crippen LogP contribution in [-0.2, 0) is 13.1 Å². The van der Waals surface area contributed by atoms with E-state index < -0.39 is 0 Å². The van der Waals surface area contributed by atoms with Crippen LogP contribution in [0.2, 0.25) is 0 Å². The van der Waals surface area contributed by atoms with Crippen molar-refractivity contribution in [3.8, 4) is 0 Å². The molecule has 0 bridgehead atoms. The van der Waals surface area contributed by atoms with Crippen LogP contribution in [-0.4, -0.2) is 18.0 Å². The zero-order valence-corrected chi connectivity index (χ0v) is 10.4. The summed E-state index contributed by atoms with van der Waals surface area (Å²) in [7, 11) is 0. The first-order valence-electron chi connectivity index (χ1n) is 6.10. The van der Waals surface area contributed by atoms with Crippen LogP contribution in [0.5, 0.6) is 0 Å². The molecule has 0 unspecified atom stereocenters. The molecule has 1 fully saturated rings. The van der Waals surface area contributed by atoms with Crippen LogP contribution in [0.3, 0.4) is 0 Å². The van der Waals surface area contributed by atoms with E-state index in [1.807, 2.05) is 0 Å². The SMILES string of the molecule is CC1(C)CCN(Cc2ccccc2CN)C1. The maximum absolute atomic E-state index is 5.76. The van der Waals surface area contributed by atoms with E-state index in [-0.39, 0.29) is 0 Å². The summed E-state index contributed by atoms with van der Waals surface area (Å²) in [6.07, 6.45) is 1.30. The standard InChI is InChI=1S/C14H22N2/c1-14(2)7-8-16(11-14)10-13-6-4-3-5-12(13)9-15/h3-6H,7-11,15H2,1-2H3. The van der Waals surface area contributed by atoms with Crippen molar-refractivity contribution in [2.24, 2.45) is 11.1 Å². The van der Waals surface area contributed by atoms with Crippen LogP contribution in [0, 0.1) is 5.41 Å². The molecule has 1 saturated heterocycles. The Morgan fingerprint density at radius 1 is 1.25 bits per heavy atom. The predicted molar refractivity (Wildman–Crippen MR) is 68.0 cm³/mol. The summed E-state index contributed by atoms with van der Waals surface area (Å²) in [5.41, 5.74) is 8.92. The monoisotopic (exact) mass is 218 g/mol. The summed E-state index contributed by atoms with van der Waals surface area (Å²) in [6, 6.07) is 8.51. The molecule has 2 rings (SSSR count). The van der Waals surface area contributed by atoms with E-state index in [4.69, 9.17) is 5.73 Å². The molecule has 1 aliphatic heterocycles. The third kappa shape index (κ3) is 2.63. The van der Waals surface area contributed by atoms with E-state index in [1.165, 1.54) is 30.6 Å². The van der Waals surface area contributed by atoms with Gasteiger partial charge in [0.25, 0.3) is 0 Å². The van der Waals surface area contributed by atoms with Gasteiger partial charge in [0.2, 0.25) is 0 Å². The highest BCUT2D eigenvalue weighted by Crippen LogP contribution is 2.30. The molecule has 2 N–H and O–H groups in total. The molecule has 88 valence electrons. The molecule has 0 aromatic heterocycles. The lowest BCUT2D eigenvalue weighted by molar-refractivity contribution is 0.284. The minimum atomic E-state index is 0.484. The minimum Gasteiger partial charge on any atom is -0.326 e. The van der Waals surface area contributed by atoms with Crippen molar-refractivity contribution >= 4 is 0 Å². The first kappa shape index (κ1) is 11.6. The Balaban J connectivity index is 2.04. The van der Waals surface area contributed by atoms with Gasteiger partial charge >= 0.3 is 0 Å². The van der Waals surface area contributed by atoms with Crippen LogP contribution in [0.1, 0.15) is 31.4 Å². The normalized spacial score (nSPS) is 20.2. The van der Waals surface area contributed by atoms with E-state index in [0.29, 0.717) is 12.0 Å². The highest BCUT2D eigenvalue weighted by atomic mass is 15.1. The fraction of sp³-hybridized carbons (Fsp3) is 0.571. The largest absolute Gasteiger partial charge is 0.326 e. The summed E-state index contributed by atoms with van der Waals surface area (Å²) in [5.74, 6) is 0. The summed E-state index contributed by atoms with van der Waals surface area (Å²) in [4.78, 5) is 2.54. The predicted octanol–water partition coefficient (Wildman–Crippen LogP) is 2.38. The number of likely N-dealkylation sites (tertiary alicyclic amines) is 1. The number of hydrogen-bond donors (Lipinski definition) is 1. The first-order chi connectivity index (χ1) is 7.61. The molecule has 2 nitrogen and oxygen atoms in total. The molecule has 2 heteroatoms. The topological polar surface area (TPSA) is 29.3 Å². The van der Waals surface area contributed by atoms with Crippen LogP contribution in [0.4, 0.5) is 0 Å². The van der Waals surface area contributed by atoms with Crippen molar-refractivity contribution in [3.05, 3.63) is 35.4 Å². The molecular formula is C14H22N2. The van der Waals surface area contributed by atoms with Crippen LogP contribution in [0.15, 0.2) is 24.3 Å². The van der Waals surface area contributed by atoms with Gasteiger partial charge in [-0.3, -0.25) is 4.90 Å². The molecule has 1 heterocycles. The van der Waals surface area contributed by atoms with Crippen molar-refractivity contribution < 1.29 is 0 Å². The molecule has 1 aromatic rings. The summed E-state index contributed by atoms with van der Waals surface area (Å²) in [6.45, 7) is 8.81. The number of benzene rings is 1. The molecule has 1 aliphatic rings. The summed E-state index contributed by atoms with van der Waals surface area (Å²) in [5, 5.41) is 0. The third-order valence-corrected chi connectivity index (χ3v) is 3.49. The third-order valence-electron chi connectivity index (χ3n) is 3.49. The van der Waals surface area contributed by atoms with Gasteiger partial charge in [-0.1, -0.05) is 38.1 Å². The number of hydrogen-bond acceptors (Lipinski definition) is 2. The van der Waals surface area contributed by atoms with Gasteiger partial charge in [-0.05, 0) is 29.5 Å². The average Bonchev–Trinajstić information content (AvgIpc) is 2.59. The average molecular weight is 218 g/mol. The van der Waals surface area contributed by atoms with Crippen LogP contribution in [0.25, 0.3) is 0 Å². The molecule has 0 amide bonds. The zero-order valence-electron chi connectivity index (χ0n) is 10.4. The Kier molecular flexibility index (Phi) is 3.31. The maximum atomic E-state index is 5.76. The van der Waals surface area contributed by atoms with Crippen molar-refractivity contribution in [3.63, 3.8) is 0 Å². The summed E-state index contributed by atoms with van der Waals surface area (Å²) < 4.78 is 0. The molecule has 0 aliphatic carbocycles. The van der Waals surface area contributed by atoms with Gasteiger partial charge in [0.15, 0.2) is 0 Å². The molecule has 0 atom stereocenters. The van der Waals surface area contributed by atoms with E-state index in [9.17, 15) is 0 Å². The Morgan fingerprint density at radius 2 is 1.94 bits per heavy atom. The molecule has 0 radical (unpaired) electrons. The van der Waals surface area contributed by atoms with Crippen LogP contribution >= 0.6 is 0 Å². The van der Waals surface area contributed by atoms with Gasteiger partial charge in [-0.25, -0.2) is 0 Å². The van der Waals surface area contributed by atoms with E-state index >= 15 is 0 Å². The lowest BCUT2D eigenvalue weighted by Gasteiger charge is -2.20. The highest BCUT2D eigenvalue weighted by molar-refractivity contribution is 5.26. The van der Waals surface area contributed by atoms with Gasteiger partial charge in [0.05, 0.1) is 0 Å². The minimum absolute atomic E-state index is 0.484. The second-order valence-electron chi connectivity index (χ2n) is 5.60. The van der Waals surface area contributed by atoms with E-state index in [2.05, 4.69) is 43.0 Å². The first-order valence-corrected chi connectivity index (χ1v) is 6.10. The Bertz CT molecular complexity index is 358.